The Morgan fingerprint density at radius 1 is 0.619 bits per heavy atom. The molecule has 2 heteroatoms. The maximum absolute atomic E-state index is 13.8. The second kappa shape index (κ2) is 7.74. The maximum atomic E-state index is 13.8. The number of rotatable bonds is 1. The van der Waals surface area contributed by atoms with E-state index in [-0.39, 0.29) is 5.56 Å². The van der Waals surface area contributed by atoms with E-state index in [1.807, 2.05) is 22.6 Å². The van der Waals surface area contributed by atoms with Crippen molar-refractivity contribution in [3.8, 4) is 11.1 Å². The summed E-state index contributed by atoms with van der Waals surface area (Å²) in [6.07, 6.45) is 0. The molecular weight excluding hydrogens is 510 g/mol. The van der Waals surface area contributed by atoms with Crippen molar-refractivity contribution < 1.29 is 0 Å². The topological polar surface area (TPSA) is 21.5 Å². The van der Waals surface area contributed by atoms with Gasteiger partial charge >= 0.3 is 0 Å². The monoisotopic (exact) mass is 537 g/mol. The Balaban J connectivity index is 1.32. The molecule has 0 saturated carbocycles. The van der Waals surface area contributed by atoms with Crippen LogP contribution in [0.4, 0.5) is 0 Å². The molecule has 1 spiro atoms. The molecule has 0 N–H and O–H groups in total. The van der Waals surface area contributed by atoms with E-state index in [1.165, 1.54) is 33.4 Å². The molecule has 2 aromatic heterocycles. The van der Waals surface area contributed by atoms with Crippen molar-refractivity contribution in [1.82, 2.24) is 4.40 Å². The SMILES string of the molecule is C=C1C(=C)C2(C(C)=C(C)c3ccccc32)c2cc(-c3ccc4c(c3)c3cccc5c6ccccc6c(=O)n4c53)ccc21. The van der Waals surface area contributed by atoms with E-state index in [0.29, 0.717) is 0 Å². The lowest BCUT2D eigenvalue weighted by Crippen LogP contribution is -2.25. The number of nitrogens with zero attached hydrogens (tertiary/aromatic N) is 1. The van der Waals surface area contributed by atoms with Crippen LogP contribution in [0.15, 0.2) is 132 Å². The van der Waals surface area contributed by atoms with Gasteiger partial charge in [0, 0.05) is 21.5 Å². The predicted molar refractivity (Wildman–Crippen MR) is 176 cm³/mol. The highest BCUT2D eigenvalue weighted by molar-refractivity contribution is 6.20. The van der Waals surface area contributed by atoms with Crippen LogP contribution >= 0.6 is 0 Å². The van der Waals surface area contributed by atoms with Crippen LogP contribution in [0.1, 0.15) is 36.1 Å². The number of benzene rings is 5. The van der Waals surface area contributed by atoms with Gasteiger partial charge in [-0.2, -0.15) is 0 Å². The van der Waals surface area contributed by atoms with Gasteiger partial charge in [0.05, 0.1) is 16.4 Å². The third kappa shape index (κ3) is 2.55. The molecule has 2 nitrogen and oxygen atoms in total. The zero-order valence-corrected chi connectivity index (χ0v) is 23.6. The minimum atomic E-state index is -0.394. The van der Waals surface area contributed by atoms with Gasteiger partial charge < -0.3 is 0 Å². The molecule has 9 rings (SSSR count). The van der Waals surface area contributed by atoms with Gasteiger partial charge in [0.25, 0.3) is 5.56 Å². The van der Waals surface area contributed by atoms with Crippen molar-refractivity contribution in [3.05, 3.63) is 160 Å². The first kappa shape index (κ1) is 23.5. The molecule has 5 aromatic carbocycles. The van der Waals surface area contributed by atoms with Gasteiger partial charge in [0.2, 0.25) is 0 Å². The van der Waals surface area contributed by atoms with E-state index in [0.717, 1.165) is 60.2 Å². The normalized spacial score (nSPS) is 18.0. The summed E-state index contributed by atoms with van der Waals surface area (Å²) in [5.41, 5.74) is 13.6. The van der Waals surface area contributed by atoms with Crippen LogP contribution in [0.25, 0.3) is 60.2 Å². The van der Waals surface area contributed by atoms with Crippen LogP contribution in [0.5, 0.6) is 0 Å². The van der Waals surface area contributed by atoms with Crippen LogP contribution in [-0.4, -0.2) is 4.40 Å². The Morgan fingerprint density at radius 3 is 2.12 bits per heavy atom. The first-order valence-corrected chi connectivity index (χ1v) is 14.5. The van der Waals surface area contributed by atoms with Crippen molar-refractivity contribution in [2.45, 2.75) is 19.3 Å². The highest BCUT2D eigenvalue weighted by Crippen LogP contribution is 2.62. The van der Waals surface area contributed by atoms with Crippen LogP contribution in [-0.2, 0) is 5.41 Å². The second-order valence-corrected chi connectivity index (χ2v) is 11.9. The second-order valence-electron chi connectivity index (χ2n) is 11.9. The number of hydrogen-bond acceptors (Lipinski definition) is 1. The summed E-state index contributed by atoms with van der Waals surface area (Å²) in [5, 5.41) is 5.05. The fraction of sp³-hybridized carbons (Fsp3) is 0.0750. The molecule has 42 heavy (non-hydrogen) atoms. The van der Waals surface area contributed by atoms with Crippen molar-refractivity contribution in [1.29, 1.82) is 0 Å². The minimum Gasteiger partial charge on any atom is -0.275 e. The third-order valence-electron chi connectivity index (χ3n) is 10.2. The molecule has 2 aliphatic carbocycles. The van der Waals surface area contributed by atoms with Crippen LogP contribution < -0.4 is 5.56 Å². The third-order valence-corrected chi connectivity index (χ3v) is 10.2. The van der Waals surface area contributed by atoms with Crippen molar-refractivity contribution in [2.75, 3.05) is 0 Å². The van der Waals surface area contributed by atoms with E-state index in [1.54, 1.807) is 0 Å². The number of fused-ring (bicyclic) bond motifs is 9. The summed E-state index contributed by atoms with van der Waals surface area (Å²) in [6.45, 7) is 13.6. The smallest absolute Gasteiger partial charge is 0.263 e. The molecule has 1 unspecified atom stereocenters. The first-order chi connectivity index (χ1) is 20.4. The highest BCUT2D eigenvalue weighted by atomic mass is 16.1. The summed E-state index contributed by atoms with van der Waals surface area (Å²) in [5.74, 6) is 0. The van der Waals surface area contributed by atoms with E-state index in [9.17, 15) is 4.79 Å². The predicted octanol–water partition coefficient (Wildman–Crippen LogP) is 9.54. The molecule has 0 bridgehead atoms. The fourth-order valence-corrected chi connectivity index (χ4v) is 8.11. The molecule has 0 fully saturated rings. The van der Waals surface area contributed by atoms with Gasteiger partial charge in [0.15, 0.2) is 0 Å². The first-order valence-electron chi connectivity index (χ1n) is 14.5. The summed E-state index contributed by atoms with van der Waals surface area (Å²) in [6, 6.07) is 36.3. The van der Waals surface area contributed by atoms with E-state index < -0.39 is 5.41 Å². The number of aromatic nitrogens is 1. The lowest BCUT2D eigenvalue weighted by Gasteiger charge is -2.31. The fourth-order valence-electron chi connectivity index (χ4n) is 8.11. The molecule has 0 saturated heterocycles. The van der Waals surface area contributed by atoms with Gasteiger partial charge in [-0.25, -0.2) is 0 Å². The van der Waals surface area contributed by atoms with Crippen LogP contribution in [0.3, 0.4) is 0 Å². The Hall–Kier alpha value is -5.21. The quantitative estimate of drug-likeness (QED) is 0.191. The van der Waals surface area contributed by atoms with E-state index in [2.05, 4.69) is 112 Å². The standard InChI is InChI=1S/C40H27NO/c1-22-24(3)40(35-15-8-7-10-28(22)35)25(4)23(2)29-18-16-27(21-36(29)40)26-17-19-37-34(20-26)32-14-9-13-31-30-11-5-6-12-33(30)39(42)41(37)38(31)32/h5-21H,2,4H2,1,3H3. The highest BCUT2D eigenvalue weighted by Gasteiger charge is 2.51. The molecule has 198 valence electrons. The van der Waals surface area contributed by atoms with E-state index in [4.69, 9.17) is 0 Å². The summed E-state index contributed by atoms with van der Waals surface area (Å²) in [7, 11) is 0. The Labute approximate surface area is 243 Å². The molecule has 1 atom stereocenters. The maximum Gasteiger partial charge on any atom is 0.263 e. The number of pyridine rings is 1. The van der Waals surface area contributed by atoms with Gasteiger partial charge in [-0.05, 0) is 93.6 Å². The zero-order valence-electron chi connectivity index (χ0n) is 23.6. The number of allylic oxidation sites excluding steroid dienone is 4. The van der Waals surface area contributed by atoms with Crippen molar-refractivity contribution in [3.63, 3.8) is 0 Å². The molecule has 2 heterocycles. The van der Waals surface area contributed by atoms with Crippen molar-refractivity contribution >= 4 is 49.1 Å². The lowest BCUT2D eigenvalue weighted by atomic mass is 9.70. The Kier molecular flexibility index (Phi) is 4.33. The Bertz CT molecular complexity index is 2490. The van der Waals surface area contributed by atoms with Gasteiger partial charge in [-0.15, -0.1) is 0 Å². The van der Waals surface area contributed by atoms with Gasteiger partial charge in [0.1, 0.15) is 0 Å². The zero-order chi connectivity index (χ0) is 28.5. The van der Waals surface area contributed by atoms with Crippen LogP contribution in [0.2, 0.25) is 0 Å². The Morgan fingerprint density at radius 2 is 1.29 bits per heavy atom. The molecule has 0 amide bonds. The molecule has 7 aromatic rings. The van der Waals surface area contributed by atoms with Crippen LogP contribution in [0, 0.1) is 0 Å². The lowest BCUT2D eigenvalue weighted by molar-refractivity contribution is 0.770. The number of para-hydroxylation sites is 1. The average Bonchev–Trinajstić information content (AvgIpc) is 3.57. The molecule has 0 aliphatic heterocycles. The summed E-state index contributed by atoms with van der Waals surface area (Å²) in [4.78, 5) is 13.8. The molecule has 2 aliphatic rings. The number of hydrogen-bond donors (Lipinski definition) is 0. The molecule has 0 radical (unpaired) electrons. The van der Waals surface area contributed by atoms with E-state index >= 15 is 0 Å². The molecular formula is C40H27NO. The largest absolute Gasteiger partial charge is 0.275 e. The average molecular weight is 538 g/mol. The van der Waals surface area contributed by atoms with Gasteiger partial charge in [-0.1, -0.05) is 97.6 Å². The summed E-state index contributed by atoms with van der Waals surface area (Å²) < 4.78 is 1.91. The van der Waals surface area contributed by atoms with Gasteiger partial charge in [-0.3, -0.25) is 9.20 Å². The van der Waals surface area contributed by atoms with Crippen molar-refractivity contribution in [2.24, 2.45) is 0 Å². The minimum absolute atomic E-state index is 0.0334. The summed E-state index contributed by atoms with van der Waals surface area (Å²) >= 11 is 0.